The molecule has 66 valence electrons. The van der Waals surface area contributed by atoms with E-state index < -0.39 is 0 Å². The lowest BCUT2D eigenvalue weighted by Gasteiger charge is -2.01. The first-order valence-corrected chi connectivity index (χ1v) is 4.49. The van der Waals surface area contributed by atoms with Gasteiger partial charge in [0.2, 0.25) is 0 Å². The van der Waals surface area contributed by atoms with Crippen LogP contribution in [0.15, 0.2) is 53.2 Å². The summed E-state index contributed by atoms with van der Waals surface area (Å²) in [6, 6.07) is 12.3. The molecule has 0 unspecified atom stereocenters. The highest BCUT2D eigenvalue weighted by Gasteiger charge is 2.14. The normalized spacial score (nSPS) is 13.6. The summed E-state index contributed by atoms with van der Waals surface area (Å²) in [6.07, 6.45) is 0. The minimum Gasteiger partial charge on any atom is -0.150 e. The van der Waals surface area contributed by atoms with Crippen molar-refractivity contribution in [2.75, 3.05) is 0 Å². The van der Waals surface area contributed by atoms with Crippen LogP contribution >= 0.6 is 0 Å². The van der Waals surface area contributed by atoms with Crippen molar-refractivity contribution in [1.82, 2.24) is 0 Å². The molecule has 0 atom stereocenters. The quantitative estimate of drug-likeness (QED) is 0.587. The van der Waals surface area contributed by atoms with Gasteiger partial charge in [-0.1, -0.05) is 36.9 Å². The predicted molar refractivity (Wildman–Crippen MR) is 57.5 cm³/mol. The topological polar surface area (TPSA) is 24.7 Å². The lowest BCUT2D eigenvalue weighted by atomic mass is 10.0. The summed E-state index contributed by atoms with van der Waals surface area (Å²) in [7, 11) is 0. The minimum absolute atomic E-state index is 0.755. The Hall–Kier alpha value is -1.96. The molecular weight excluding hydrogens is 172 g/mol. The Labute approximate surface area is 81.6 Å². The van der Waals surface area contributed by atoms with E-state index in [0.29, 0.717) is 0 Å². The van der Waals surface area contributed by atoms with Crippen molar-refractivity contribution in [2.45, 2.75) is 0 Å². The molecule has 0 fully saturated rings. The third-order valence-electron chi connectivity index (χ3n) is 2.48. The largest absolute Gasteiger partial charge is 0.150 e. The molecular formula is C12H8N2. The van der Waals surface area contributed by atoms with E-state index in [1.54, 1.807) is 0 Å². The van der Waals surface area contributed by atoms with Crippen LogP contribution in [0.5, 0.6) is 0 Å². The fourth-order valence-corrected chi connectivity index (χ4v) is 1.76. The Morgan fingerprint density at radius 3 is 2.71 bits per heavy atom. The first-order chi connectivity index (χ1) is 6.86. The third kappa shape index (κ3) is 0.852. The van der Waals surface area contributed by atoms with Crippen LogP contribution < -0.4 is 0 Å². The van der Waals surface area contributed by atoms with Gasteiger partial charge in [-0.3, -0.25) is 0 Å². The van der Waals surface area contributed by atoms with Gasteiger partial charge < -0.3 is 0 Å². The first-order valence-electron chi connectivity index (χ1n) is 4.49. The van der Waals surface area contributed by atoms with Crippen LogP contribution in [-0.2, 0) is 0 Å². The number of hydrogen-bond acceptors (Lipinski definition) is 2. The van der Waals surface area contributed by atoms with Gasteiger partial charge in [0.05, 0.1) is 5.70 Å². The molecule has 2 aromatic carbocycles. The molecule has 0 radical (unpaired) electrons. The highest BCUT2D eigenvalue weighted by molar-refractivity contribution is 5.99. The molecule has 0 bridgehead atoms. The zero-order valence-corrected chi connectivity index (χ0v) is 7.57. The van der Waals surface area contributed by atoms with Crippen molar-refractivity contribution in [1.29, 1.82) is 0 Å². The molecule has 0 spiro atoms. The molecule has 1 aliphatic rings. The SMILES string of the molecule is C=C1N=Nc2c1ccc1ccccc21. The fraction of sp³-hybridized carbons (Fsp3) is 0. The van der Waals surface area contributed by atoms with Crippen molar-refractivity contribution in [3.05, 3.63) is 48.5 Å². The Morgan fingerprint density at radius 1 is 0.929 bits per heavy atom. The van der Waals surface area contributed by atoms with Gasteiger partial charge >= 0.3 is 0 Å². The summed E-state index contributed by atoms with van der Waals surface area (Å²) in [4.78, 5) is 0. The summed E-state index contributed by atoms with van der Waals surface area (Å²) >= 11 is 0. The van der Waals surface area contributed by atoms with E-state index in [9.17, 15) is 0 Å². The van der Waals surface area contributed by atoms with Crippen molar-refractivity contribution in [3.63, 3.8) is 0 Å². The standard InChI is InChI=1S/C12H8N2/c1-8-10-7-6-9-4-2-3-5-11(9)12(10)14-13-8/h2-7H,1H2. The molecule has 0 saturated heterocycles. The second kappa shape index (κ2) is 2.51. The van der Waals surface area contributed by atoms with Crippen molar-refractivity contribution in [3.8, 4) is 0 Å². The number of rotatable bonds is 0. The average Bonchev–Trinajstić information content (AvgIpc) is 2.61. The second-order valence-electron chi connectivity index (χ2n) is 3.33. The molecule has 0 amide bonds. The maximum Gasteiger partial charge on any atom is 0.103 e. The summed E-state index contributed by atoms with van der Waals surface area (Å²) in [5.74, 6) is 0. The van der Waals surface area contributed by atoms with Gasteiger partial charge in [-0.05, 0) is 11.5 Å². The summed E-state index contributed by atoms with van der Waals surface area (Å²) < 4.78 is 0. The lowest BCUT2D eigenvalue weighted by molar-refractivity contribution is 1.33. The van der Waals surface area contributed by atoms with Gasteiger partial charge in [-0.2, -0.15) is 5.11 Å². The van der Waals surface area contributed by atoms with Crippen molar-refractivity contribution >= 4 is 22.2 Å². The van der Waals surface area contributed by atoms with E-state index in [0.717, 1.165) is 22.3 Å². The van der Waals surface area contributed by atoms with Gasteiger partial charge in [-0.25, -0.2) is 0 Å². The van der Waals surface area contributed by atoms with Gasteiger partial charge in [0, 0.05) is 10.9 Å². The smallest absolute Gasteiger partial charge is 0.103 e. The molecule has 1 aliphatic heterocycles. The lowest BCUT2D eigenvalue weighted by Crippen LogP contribution is -1.77. The maximum atomic E-state index is 4.13. The molecule has 3 rings (SSSR count). The Morgan fingerprint density at radius 2 is 1.79 bits per heavy atom. The van der Waals surface area contributed by atoms with E-state index in [1.807, 2.05) is 18.2 Å². The molecule has 1 heterocycles. The third-order valence-corrected chi connectivity index (χ3v) is 2.48. The van der Waals surface area contributed by atoms with Gasteiger partial charge in [0.15, 0.2) is 0 Å². The number of nitrogens with zero attached hydrogens (tertiary/aromatic N) is 2. The Balaban J connectivity index is 2.49. The average molecular weight is 180 g/mol. The minimum atomic E-state index is 0.755. The molecule has 2 aromatic rings. The summed E-state index contributed by atoms with van der Waals surface area (Å²) in [5.41, 5.74) is 2.75. The van der Waals surface area contributed by atoms with E-state index in [1.165, 1.54) is 5.39 Å². The number of hydrogen-bond donors (Lipinski definition) is 0. The summed E-state index contributed by atoms with van der Waals surface area (Å²) in [5, 5.41) is 10.5. The Bertz CT molecular complexity index is 568. The number of benzene rings is 2. The Kier molecular flexibility index (Phi) is 1.34. The second-order valence-corrected chi connectivity index (χ2v) is 3.33. The van der Waals surface area contributed by atoms with Crippen LogP contribution in [0.4, 0.5) is 5.69 Å². The van der Waals surface area contributed by atoms with Gasteiger partial charge in [0.25, 0.3) is 0 Å². The molecule has 14 heavy (non-hydrogen) atoms. The zero-order valence-electron chi connectivity index (χ0n) is 7.57. The van der Waals surface area contributed by atoms with Crippen LogP contribution in [0, 0.1) is 0 Å². The summed E-state index contributed by atoms with van der Waals surface area (Å²) in [6.45, 7) is 3.84. The van der Waals surface area contributed by atoms with Crippen LogP contribution in [0.2, 0.25) is 0 Å². The van der Waals surface area contributed by atoms with Crippen LogP contribution in [-0.4, -0.2) is 0 Å². The van der Waals surface area contributed by atoms with E-state index >= 15 is 0 Å². The van der Waals surface area contributed by atoms with Crippen LogP contribution in [0.25, 0.3) is 16.5 Å². The first kappa shape index (κ1) is 7.44. The van der Waals surface area contributed by atoms with Gasteiger partial charge in [-0.15, -0.1) is 5.11 Å². The van der Waals surface area contributed by atoms with Gasteiger partial charge in [0.1, 0.15) is 5.69 Å². The van der Waals surface area contributed by atoms with Crippen molar-refractivity contribution < 1.29 is 0 Å². The molecule has 0 saturated carbocycles. The highest BCUT2D eigenvalue weighted by Crippen LogP contribution is 2.39. The molecule has 2 heteroatoms. The highest BCUT2D eigenvalue weighted by atomic mass is 15.1. The molecule has 0 aromatic heterocycles. The maximum absolute atomic E-state index is 4.13. The molecule has 2 nitrogen and oxygen atoms in total. The number of azo groups is 1. The zero-order chi connectivity index (χ0) is 9.54. The van der Waals surface area contributed by atoms with Crippen LogP contribution in [0.1, 0.15) is 5.56 Å². The monoisotopic (exact) mass is 180 g/mol. The number of fused-ring (bicyclic) bond motifs is 3. The van der Waals surface area contributed by atoms with E-state index in [2.05, 4.69) is 35.0 Å². The van der Waals surface area contributed by atoms with Crippen molar-refractivity contribution in [2.24, 2.45) is 10.2 Å². The molecule has 0 N–H and O–H groups in total. The predicted octanol–water partition coefficient (Wildman–Crippen LogP) is 3.91. The van der Waals surface area contributed by atoms with E-state index in [-0.39, 0.29) is 0 Å². The van der Waals surface area contributed by atoms with E-state index in [4.69, 9.17) is 0 Å². The molecule has 0 aliphatic carbocycles. The van der Waals surface area contributed by atoms with Crippen LogP contribution in [0.3, 0.4) is 0 Å². The fourth-order valence-electron chi connectivity index (χ4n) is 1.76.